The SMILES string of the molecule is CC(C)(C)C1CCN(Cc2ccc(C#CCN)cc2F)C1. The first kappa shape index (κ1) is 16.0. The predicted octanol–water partition coefficient (Wildman–Crippen LogP) is 3.00. The summed E-state index contributed by atoms with van der Waals surface area (Å²) in [5.41, 5.74) is 7.10. The Morgan fingerprint density at radius 1 is 1.38 bits per heavy atom. The van der Waals surface area contributed by atoms with E-state index in [4.69, 9.17) is 5.73 Å². The van der Waals surface area contributed by atoms with Gasteiger partial charge in [-0.1, -0.05) is 38.7 Å². The molecule has 3 heteroatoms. The Labute approximate surface area is 127 Å². The highest BCUT2D eigenvalue weighted by Crippen LogP contribution is 2.34. The van der Waals surface area contributed by atoms with Gasteiger partial charge in [-0.15, -0.1) is 0 Å². The lowest BCUT2D eigenvalue weighted by Gasteiger charge is -2.27. The zero-order valence-corrected chi connectivity index (χ0v) is 13.2. The van der Waals surface area contributed by atoms with Crippen LogP contribution in [0, 0.1) is 29.0 Å². The maximum Gasteiger partial charge on any atom is 0.128 e. The summed E-state index contributed by atoms with van der Waals surface area (Å²) < 4.78 is 14.1. The lowest BCUT2D eigenvalue weighted by Crippen LogP contribution is -2.26. The zero-order valence-electron chi connectivity index (χ0n) is 13.2. The maximum absolute atomic E-state index is 14.1. The zero-order chi connectivity index (χ0) is 15.5. The molecule has 2 N–H and O–H groups in total. The number of hydrogen-bond donors (Lipinski definition) is 1. The van der Waals surface area contributed by atoms with Gasteiger partial charge in [-0.25, -0.2) is 4.39 Å². The van der Waals surface area contributed by atoms with E-state index in [0.29, 0.717) is 30.0 Å². The first-order valence-electron chi connectivity index (χ1n) is 7.60. The normalized spacial score (nSPS) is 19.4. The van der Waals surface area contributed by atoms with Crippen molar-refractivity contribution in [2.24, 2.45) is 17.1 Å². The summed E-state index contributed by atoms with van der Waals surface area (Å²) in [7, 11) is 0. The molecule has 0 aromatic heterocycles. The van der Waals surface area contributed by atoms with E-state index in [2.05, 4.69) is 37.5 Å². The lowest BCUT2D eigenvalue weighted by molar-refractivity contribution is 0.225. The number of halogens is 1. The number of nitrogens with two attached hydrogens (primary N) is 1. The lowest BCUT2D eigenvalue weighted by atomic mass is 9.80. The average Bonchev–Trinajstić information content (AvgIpc) is 2.88. The summed E-state index contributed by atoms with van der Waals surface area (Å²) in [6.45, 7) is 9.94. The second kappa shape index (κ2) is 6.60. The molecule has 0 saturated carbocycles. The van der Waals surface area contributed by atoms with Crippen LogP contribution in [0.2, 0.25) is 0 Å². The molecule has 1 aromatic carbocycles. The topological polar surface area (TPSA) is 29.3 Å². The molecule has 0 spiro atoms. The van der Waals surface area contributed by atoms with Gasteiger partial charge in [0.05, 0.1) is 6.54 Å². The summed E-state index contributed by atoms with van der Waals surface area (Å²) >= 11 is 0. The monoisotopic (exact) mass is 288 g/mol. The van der Waals surface area contributed by atoms with Crippen molar-refractivity contribution in [1.82, 2.24) is 4.90 Å². The smallest absolute Gasteiger partial charge is 0.128 e. The average molecular weight is 288 g/mol. The highest BCUT2D eigenvalue weighted by molar-refractivity contribution is 5.37. The molecule has 114 valence electrons. The van der Waals surface area contributed by atoms with Gasteiger partial charge in [0.2, 0.25) is 0 Å². The van der Waals surface area contributed by atoms with Gasteiger partial charge in [-0.05, 0) is 36.4 Å². The van der Waals surface area contributed by atoms with Gasteiger partial charge >= 0.3 is 0 Å². The molecule has 1 saturated heterocycles. The Morgan fingerprint density at radius 2 is 2.14 bits per heavy atom. The molecule has 1 fully saturated rings. The van der Waals surface area contributed by atoms with Crippen LogP contribution in [0.1, 0.15) is 38.3 Å². The molecule has 21 heavy (non-hydrogen) atoms. The van der Waals surface area contributed by atoms with Gasteiger partial charge in [-0.2, -0.15) is 0 Å². The summed E-state index contributed by atoms with van der Waals surface area (Å²) in [6, 6.07) is 5.23. The van der Waals surface area contributed by atoms with E-state index in [1.165, 1.54) is 12.5 Å². The maximum atomic E-state index is 14.1. The second-order valence-electron chi connectivity index (χ2n) is 6.90. The van der Waals surface area contributed by atoms with Crippen molar-refractivity contribution in [3.8, 4) is 11.8 Å². The van der Waals surface area contributed by atoms with Gasteiger partial charge in [-0.3, -0.25) is 4.90 Å². The van der Waals surface area contributed by atoms with Crippen LogP contribution >= 0.6 is 0 Å². The molecule has 2 nitrogen and oxygen atoms in total. The molecular weight excluding hydrogens is 263 g/mol. The van der Waals surface area contributed by atoms with Crippen LogP contribution in [0.25, 0.3) is 0 Å². The Bertz CT molecular complexity index is 549. The molecule has 1 unspecified atom stereocenters. The minimum Gasteiger partial charge on any atom is -0.320 e. The van der Waals surface area contributed by atoms with Gasteiger partial charge in [0.1, 0.15) is 5.82 Å². The summed E-state index contributed by atoms with van der Waals surface area (Å²) in [6.07, 6.45) is 1.20. The van der Waals surface area contributed by atoms with Crippen LogP contribution in [0.15, 0.2) is 18.2 Å². The molecule has 1 atom stereocenters. The standard InChI is InChI=1S/C18H25FN2/c1-18(2,3)16-8-10-21(13-16)12-15-7-6-14(5-4-9-20)11-17(15)19/h6-7,11,16H,8-10,12-13,20H2,1-3H3. The number of nitrogens with zero attached hydrogens (tertiary/aromatic N) is 1. The Balaban J connectivity index is 2.01. The molecule has 1 heterocycles. The highest BCUT2D eigenvalue weighted by Gasteiger charge is 2.31. The number of rotatable bonds is 2. The van der Waals surface area contributed by atoms with E-state index in [1.807, 2.05) is 12.1 Å². The third kappa shape index (κ3) is 4.30. The fourth-order valence-electron chi connectivity index (χ4n) is 2.83. The third-order valence-electron chi connectivity index (χ3n) is 4.28. The van der Waals surface area contributed by atoms with Crippen molar-refractivity contribution in [1.29, 1.82) is 0 Å². The molecule has 1 aliphatic heterocycles. The highest BCUT2D eigenvalue weighted by atomic mass is 19.1. The van der Waals surface area contributed by atoms with Crippen LogP contribution in [-0.4, -0.2) is 24.5 Å². The van der Waals surface area contributed by atoms with Crippen LogP contribution in [0.4, 0.5) is 4.39 Å². The third-order valence-corrected chi connectivity index (χ3v) is 4.28. The van der Waals surface area contributed by atoms with Gasteiger partial charge in [0.15, 0.2) is 0 Å². The second-order valence-corrected chi connectivity index (χ2v) is 6.90. The minimum absolute atomic E-state index is 0.168. The van der Waals surface area contributed by atoms with Crippen LogP contribution in [0.3, 0.4) is 0 Å². The van der Waals surface area contributed by atoms with Crippen molar-refractivity contribution >= 4 is 0 Å². The van der Waals surface area contributed by atoms with Crippen molar-refractivity contribution < 1.29 is 4.39 Å². The van der Waals surface area contributed by atoms with Crippen LogP contribution in [0.5, 0.6) is 0 Å². The summed E-state index contributed by atoms with van der Waals surface area (Å²) in [5, 5.41) is 0. The Hall–Kier alpha value is -1.37. The van der Waals surface area contributed by atoms with E-state index in [9.17, 15) is 4.39 Å². The number of benzene rings is 1. The van der Waals surface area contributed by atoms with Crippen LogP contribution < -0.4 is 5.73 Å². The summed E-state index contributed by atoms with van der Waals surface area (Å²) in [4.78, 5) is 2.35. The first-order valence-corrected chi connectivity index (χ1v) is 7.60. The van der Waals surface area contributed by atoms with Gasteiger partial charge in [0, 0.05) is 24.2 Å². The number of likely N-dealkylation sites (tertiary alicyclic amines) is 1. The van der Waals surface area contributed by atoms with Crippen molar-refractivity contribution in [2.75, 3.05) is 19.6 Å². The molecule has 0 amide bonds. The van der Waals surface area contributed by atoms with Crippen molar-refractivity contribution in [3.05, 3.63) is 35.1 Å². The summed E-state index contributed by atoms with van der Waals surface area (Å²) in [5.74, 6) is 6.13. The largest absolute Gasteiger partial charge is 0.320 e. The van der Waals surface area contributed by atoms with Gasteiger partial charge in [0.25, 0.3) is 0 Å². The van der Waals surface area contributed by atoms with Crippen molar-refractivity contribution in [2.45, 2.75) is 33.7 Å². The minimum atomic E-state index is -0.168. The molecule has 0 radical (unpaired) electrons. The van der Waals surface area contributed by atoms with E-state index in [0.717, 1.165) is 18.7 Å². The Kier molecular flexibility index (Phi) is 5.03. The van der Waals surface area contributed by atoms with E-state index < -0.39 is 0 Å². The van der Waals surface area contributed by atoms with E-state index >= 15 is 0 Å². The predicted molar refractivity (Wildman–Crippen MR) is 85.2 cm³/mol. The molecule has 1 aliphatic rings. The quantitative estimate of drug-likeness (QED) is 0.848. The molecular formula is C18H25FN2. The first-order chi connectivity index (χ1) is 9.90. The number of hydrogen-bond acceptors (Lipinski definition) is 2. The van der Waals surface area contributed by atoms with E-state index in [-0.39, 0.29) is 5.82 Å². The Morgan fingerprint density at radius 3 is 2.71 bits per heavy atom. The molecule has 0 aliphatic carbocycles. The fraction of sp³-hybridized carbons (Fsp3) is 0.556. The van der Waals surface area contributed by atoms with Gasteiger partial charge < -0.3 is 5.73 Å². The fourth-order valence-corrected chi connectivity index (χ4v) is 2.83. The van der Waals surface area contributed by atoms with Crippen molar-refractivity contribution in [3.63, 3.8) is 0 Å². The van der Waals surface area contributed by atoms with E-state index in [1.54, 1.807) is 0 Å². The molecule has 2 rings (SSSR count). The molecule has 0 bridgehead atoms. The van der Waals surface area contributed by atoms with Crippen LogP contribution in [-0.2, 0) is 6.54 Å². The molecule has 1 aromatic rings.